The SMILES string of the molecule is CCNC(=O)N1CCC(NC(=O)CC(C)C2CCCNC2)C1. The number of carbonyl (C=O) groups excluding carboxylic acids is 2. The molecule has 2 heterocycles. The lowest BCUT2D eigenvalue weighted by atomic mass is 9.85. The van der Waals surface area contributed by atoms with E-state index in [0.717, 1.165) is 26.1 Å². The molecule has 3 N–H and O–H groups in total. The van der Waals surface area contributed by atoms with Crippen molar-refractivity contribution < 1.29 is 9.59 Å². The lowest BCUT2D eigenvalue weighted by molar-refractivity contribution is -0.123. The minimum absolute atomic E-state index is 0.0269. The average molecular weight is 310 g/mol. The number of nitrogens with zero attached hydrogens (tertiary/aromatic N) is 1. The Morgan fingerprint density at radius 3 is 2.86 bits per heavy atom. The van der Waals surface area contributed by atoms with Crippen molar-refractivity contribution in [3.8, 4) is 0 Å². The molecule has 2 rings (SSSR count). The molecular formula is C16H30N4O2. The van der Waals surface area contributed by atoms with Crippen LogP contribution in [-0.4, -0.2) is 55.6 Å². The molecule has 3 unspecified atom stereocenters. The van der Waals surface area contributed by atoms with Crippen LogP contribution in [0.2, 0.25) is 0 Å². The highest BCUT2D eigenvalue weighted by molar-refractivity contribution is 5.77. The molecule has 2 saturated heterocycles. The summed E-state index contributed by atoms with van der Waals surface area (Å²) in [4.78, 5) is 25.7. The van der Waals surface area contributed by atoms with E-state index in [1.54, 1.807) is 4.90 Å². The monoisotopic (exact) mass is 310 g/mol. The van der Waals surface area contributed by atoms with Crippen LogP contribution < -0.4 is 16.0 Å². The quantitative estimate of drug-likeness (QED) is 0.707. The first kappa shape index (κ1) is 17.1. The standard InChI is InChI=1S/C16H30N4O2/c1-3-18-16(22)20-8-6-14(11-20)19-15(21)9-12(2)13-5-4-7-17-10-13/h12-14,17H,3-11H2,1-2H3,(H,18,22)(H,19,21). The molecule has 0 bridgehead atoms. The molecule has 6 nitrogen and oxygen atoms in total. The second-order valence-corrected chi connectivity index (χ2v) is 6.62. The molecule has 126 valence electrons. The summed E-state index contributed by atoms with van der Waals surface area (Å²) in [7, 11) is 0. The number of nitrogens with one attached hydrogen (secondary N) is 3. The van der Waals surface area contributed by atoms with Crippen molar-refractivity contribution in [2.75, 3.05) is 32.7 Å². The molecule has 0 aromatic carbocycles. The molecule has 0 aliphatic carbocycles. The van der Waals surface area contributed by atoms with E-state index >= 15 is 0 Å². The third-order valence-corrected chi connectivity index (χ3v) is 4.82. The van der Waals surface area contributed by atoms with Crippen LogP contribution in [0.25, 0.3) is 0 Å². The molecule has 2 aliphatic rings. The number of urea groups is 1. The normalized spacial score (nSPS) is 26.5. The number of rotatable bonds is 5. The third-order valence-electron chi connectivity index (χ3n) is 4.82. The number of amides is 3. The van der Waals surface area contributed by atoms with Crippen LogP contribution in [0.15, 0.2) is 0 Å². The first-order valence-electron chi connectivity index (χ1n) is 8.63. The van der Waals surface area contributed by atoms with Gasteiger partial charge in [0.1, 0.15) is 0 Å². The van der Waals surface area contributed by atoms with Crippen LogP contribution in [0, 0.1) is 11.8 Å². The molecule has 0 saturated carbocycles. The largest absolute Gasteiger partial charge is 0.352 e. The van der Waals surface area contributed by atoms with Gasteiger partial charge in [-0.2, -0.15) is 0 Å². The van der Waals surface area contributed by atoms with Gasteiger partial charge in [0.25, 0.3) is 0 Å². The highest BCUT2D eigenvalue weighted by atomic mass is 16.2. The second-order valence-electron chi connectivity index (χ2n) is 6.62. The number of carbonyl (C=O) groups is 2. The predicted octanol–water partition coefficient (Wildman–Crippen LogP) is 0.932. The summed E-state index contributed by atoms with van der Waals surface area (Å²) >= 11 is 0. The van der Waals surface area contributed by atoms with Crippen LogP contribution in [0.1, 0.15) is 39.5 Å². The molecule has 22 heavy (non-hydrogen) atoms. The van der Waals surface area contributed by atoms with E-state index in [1.165, 1.54) is 12.8 Å². The van der Waals surface area contributed by atoms with Crippen molar-refractivity contribution in [3.63, 3.8) is 0 Å². The van der Waals surface area contributed by atoms with E-state index in [2.05, 4.69) is 22.9 Å². The van der Waals surface area contributed by atoms with Crippen LogP contribution in [-0.2, 0) is 4.79 Å². The molecule has 3 atom stereocenters. The first-order chi connectivity index (χ1) is 10.6. The van der Waals surface area contributed by atoms with Crippen molar-refractivity contribution in [3.05, 3.63) is 0 Å². The average Bonchev–Trinajstić information content (AvgIpc) is 2.96. The van der Waals surface area contributed by atoms with E-state index in [0.29, 0.717) is 31.3 Å². The molecule has 2 aliphatic heterocycles. The van der Waals surface area contributed by atoms with E-state index in [1.807, 2.05) is 6.92 Å². The van der Waals surface area contributed by atoms with Gasteiger partial charge in [0.2, 0.25) is 5.91 Å². The Kier molecular flexibility index (Phi) is 6.49. The van der Waals surface area contributed by atoms with Crippen molar-refractivity contribution in [1.82, 2.24) is 20.9 Å². The molecule has 2 fully saturated rings. The van der Waals surface area contributed by atoms with E-state index in [4.69, 9.17) is 0 Å². The van der Waals surface area contributed by atoms with Gasteiger partial charge in [0.05, 0.1) is 0 Å². The van der Waals surface area contributed by atoms with E-state index in [9.17, 15) is 9.59 Å². The summed E-state index contributed by atoms with van der Waals surface area (Å²) < 4.78 is 0. The molecule has 0 radical (unpaired) electrons. The summed E-state index contributed by atoms with van der Waals surface area (Å²) in [5.74, 6) is 1.14. The molecule has 0 aromatic heterocycles. The van der Waals surface area contributed by atoms with E-state index in [-0.39, 0.29) is 18.0 Å². The van der Waals surface area contributed by atoms with Gasteiger partial charge in [-0.05, 0) is 51.1 Å². The van der Waals surface area contributed by atoms with Crippen LogP contribution >= 0.6 is 0 Å². The summed E-state index contributed by atoms with van der Waals surface area (Å²) in [5.41, 5.74) is 0. The maximum absolute atomic E-state index is 12.2. The van der Waals surface area contributed by atoms with Crippen LogP contribution in [0.4, 0.5) is 4.79 Å². The first-order valence-corrected chi connectivity index (χ1v) is 8.63. The van der Waals surface area contributed by atoms with Crippen LogP contribution in [0.3, 0.4) is 0 Å². The summed E-state index contributed by atoms with van der Waals surface area (Å²) in [6.07, 6.45) is 3.86. The Balaban J connectivity index is 1.70. The topological polar surface area (TPSA) is 73.5 Å². The van der Waals surface area contributed by atoms with Gasteiger partial charge < -0.3 is 20.9 Å². The highest BCUT2D eigenvalue weighted by Crippen LogP contribution is 2.22. The van der Waals surface area contributed by atoms with E-state index < -0.39 is 0 Å². The minimum Gasteiger partial charge on any atom is -0.352 e. The summed E-state index contributed by atoms with van der Waals surface area (Å²) in [5, 5.41) is 9.31. The lowest BCUT2D eigenvalue weighted by Crippen LogP contribution is -2.42. The number of hydrogen-bond acceptors (Lipinski definition) is 3. The maximum Gasteiger partial charge on any atom is 0.317 e. The van der Waals surface area contributed by atoms with Gasteiger partial charge >= 0.3 is 6.03 Å². The van der Waals surface area contributed by atoms with Crippen molar-refractivity contribution >= 4 is 11.9 Å². The Morgan fingerprint density at radius 1 is 1.36 bits per heavy atom. The van der Waals surface area contributed by atoms with Crippen LogP contribution in [0.5, 0.6) is 0 Å². The highest BCUT2D eigenvalue weighted by Gasteiger charge is 2.28. The fourth-order valence-electron chi connectivity index (χ4n) is 3.44. The second kappa shape index (κ2) is 8.36. The lowest BCUT2D eigenvalue weighted by Gasteiger charge is -2.28. The van der Waals surface area contributed by atoms with Crippen molar-refractivity contribution in [2.24, 2.45) is 11.8 Å². The Hall–Kier alpha value is -1.30. The fraction of sp³-hybridized carbons (Fsp3) is 0.875. The molecular weight excluding hydrogens is 280 g/mol. The van der Waals surface area contributed by atoms with Gasteiger partial charge in [0, 0.05) is 32.1 Å². The molecule has 6 heteroatoms. The Morgan fingerprint density at radius 2 is 2.18 bits per heavy atom. The number of likely N-dealkylation sites (tertiary alicyclic amines) is 1. The zero-order valence-electron chi connectivity index (χ0n) is 13.9. The van der Waals surface area contributed by atoms with Gasteiger partial charge in [0.15, 0.2) is 0 Å². The van der Waals surface area contributed by atoms with Crippen molar-refractivity contribution in [2.45, 2.75) is 45.6 Å². The minimum atomic E-state index is -0.0269. The molecule has 0 aromatic rings. The Bertz CT molecular complexity index is 382. The number of piperidine rings is 1. The maximum atomic E-state index is 12.2. The summed E-state index contributed by atoms with van der Waals surface area (Å²) in [6.45, 7) is 8.20. The number of hydrogen-bond donors (Lipinski definition) is 3. The third kappa shape index (κ3) is 4.87. The molecule has 0 spiro atoms. The van der Waals surface area contributed by atoms with Gasteiger partial charge in [-0.25, -0.2) is 4.79 Å². The summed E-state index contributed by atoms with van der Waals surface area (Å²) in [6, 6.07) is 0.0766. The zero-order valence-corrected chi connectivity index (χ0v) is 13.9. The zero-order chi connectivity index (χ0) is 15.9. The Labute approximate surface area is 133 Å². The predicted molar refractivity (Wildman–Crippen MR) is 86.6 cm³/mol. The fourth-order valence-corrected chi connectivity index (χ4v) is 3.44. The van der Waals surface area contributed by atoms with Gasteiger partial charge in [-0.3, -0.25) is 4.79 Å². The van der Waals surface area contributed by atoms with Gasteiger partial charge in [-0.15, -0.1) is 0 Å². The molecule has 3 amide bonds. The van der Waals surface area contributed by atoms with Gasteiger partial charge in [-0.1, -0.05) is 6.92 Å². The van der Waals surface area contributed by atoms with Crippen molar-refractivity contribution in [1.29, 1.82) is 0 Å². The smallest absolute Gasteiger partial charge is 0.317 e.